The zero-order valence-electron chi connectivity index (χ0n) is 17.7. The number of amides is 2. The summed E-state index contributed by atoms with van der Waals surface area (Å²) in [5, 5.41) is 9.59. The van der Waals surface area contributed by atoms with Crippen LogP contribution in [0.3, 0.4) is 0 Å². The molecule has 1 fully saturated rings. The van der Waals surface area contributed by atoms with Gasteiger partial charge in [0.1, 0.15) is 0 Å². The molecule has 0 bridgehead atoms. The number of carbonyl (C=O) groups is 2. The molecule has 29 heavy (non-hydrogen) atoms. The van der Waals surface area contributed by atoms with E-state index in [0.717, 1.165) is 49.7 Å². The number of halogens is 1. The Morgan fingerprint density at radius 2 is 1.90 bits per heavy atom. The maximum absolute atomic E-state index is 11.8. The monoisotopic (exact) mass is 515 g/mol. The Balaban J connectivity index is 0.00000420. The molecule has 1 aromatic carbocycles. The number of nitrogens with zero attached hydrogens (tertiary/aromatic N) is 2. The van der Waals surface area contributed by atoms with Gasteiger partial charge in [0.05, 0.1) is 6.54 Å². The van der Waals surface area contributed by atoms with Crippen molar-refractivity contribution >= 4 is 47.4 Å². The first kappa shape index (κ1) is 25.2. The molecule has 1 aliphatic heterocycles. The zero-order chi connectivity index (χ0) is 20.4. The van der Waals surface area contributed by atoms with Gasteiger partial charge in [-0.05, 0) is 37.5 Å². The zero-order valence-corrected chi connectivity index (χ0v) is 20.0. The molecule has 0 aliphatic carbocycles. The van der Waals surface area contributed by atoms with Crippen LogP contribution in [-0.4, -0.2) is 48.3 Å². The van der Waals surface area contributed by atoms with Crippen molar-refractivity contribution in [1.29, 1.82) is 0 Å². The van der Waals surface area contributed by atoms with Crippen molar-refractivity contribution in [2.24, 2.45) is 4.99 Å². The molecule has 0 saturated carbocycles. The van der Waals surface area contributed by atoms with Gasteiger partial charge in [0.25, 0.3) is 0 Å². The van der Waals surface area contributed by atoms with Gasteiger partial charge in [0.2, 0.25) is 11.8 Å². The molecule has 1 aliphatic rings. The molecule has 1 atom stereocenters. The Bertz CT molecular complexity index is 678. The highest BCUT2D eigenvalue weighted by molar-refractivity contribution is 14.0. The number of anilines is 1. The lowest BCUT2D eigenvalue weighted by Crippen LogP contribution is -2.45. The molecule has 0 spiro atoms. The van der Waals surface area contributed by atoms with Gasteiger partial charge in [-0.15, -0.1) is 24.0 Å². The van der Waals surface area contributed by atoms with Gasteiger partial charge in [-0.25, -0.2) is 4.99 Å². The van der Waals surface area contributed by atoms with Crippen LogP contribution in [0.4, 0.5) is 5.69 Å². The highest BCUT2D eigenvalue weighted by atomic mass is 127. The molecule has 1 aromatic rings. The van der Waals surface area contributed by atoms with Crippen LogP contribution in [0, 0.1) is 0 Å². The summed E-state index contributed by atoms with van der Waals surface area (Å²) in [5.74, 6) is 1.01. The number of aliphatic imine (C=N–C) groups is 1. The third-order valence-corrected chi connectivity index (χ3v) is 4.66. The maximum atomic E-state index is 11.8. The molecule has 1 unspecified atom stereocenters. The quantitative estimate of drug-likeness (QED) is 0.282. The standard InChI is InChI=1S/C21H33N5O2.HI/c1-4-7-19(27)24-17-10-8-16(9-11-17)14-23-21(22-6-3)25-18-12-13-26(15-18)20(28)5-2;/h8-11,18H,4-7,12-15H2,1-3H3,(H,24,27)(H2,22,23,25);1H. The Morgan fingerprint density at radius 3 is 2.52 bits per heavy atom. The van der Waals surface area contributed by atoms with Gasteiger partial charge >= 0.3 is 0 Å². The topological polar surface area (TPSA) is 85.8 Å². The second-order valence-corrected chi connectivity index (χ2v) is 7.01. The number of hydrogen-bond donors (Lipinski definition) is 3. The summed E-state index contributed by atoms with van der Waals surface area (Å²) in [7, 11) is 0. The van der Waals surface area contributed by atoms with Gasteiger partial charge in [-0.1, -0.05) is 26.0 Å². The third-order valence-electron chi connectivity index (χ3n) is 4.66. The Labute approximate surface area is 191 Å². The maximum Gasteiger partial charge on any atom is 0.224 e. The molecule has 0 aromatic heterocycles. The van der Waals surface area contributed by atoms with Crippen LogP contribution in [0.5, 0.6) is 0 Å². The molecule has 1 saturated heterocycles. The van der Waals surface area contributed by atoms with E-state index in [4.69, 9.17) is 0 Å². The summed E-state index contributed by atoms with van der Waals surface area (Å²) in [6, 6.07) is 8.00. The van der Waals surface area contributed by atoms with E-state index in [1.54, 1.807) is 0 Å². The van der Waals surface area contributed by atoms with Crippen LogP contribution in [0.15, 0.2) is 29.3 Å². The Hall–Kier alpha value is -1.84. The first-order valence-electron chi connectivity index (χ1n) is 10.3. The molecule has 162 valence electrons. The number of benzene rings is 1. The lowest BCUT2D eigenvalue weighted by molar-refractivity contribution is -0.129. The second kappa shape index (κ2) is 13.4. The van der Waals surface area contributed by atoms with E-state index in [1.807, 2.05) is 49.9 Å². The van der Waals surface area contributed by atoms with Crippen molar-refractivity contribution in [3.05, 3.63) is 29.8 Å². The van der Waals surface area contributed by atoms with Crippen LogP contribution in [-0.2, 0) is 16.1 Å². The fourth-order valence-electron chi connectivity index (χ4n) is 3.16. The molecule has 0 radical (unpaired) electrons. The first-order chi connectivity index (χ1) is 13.5. The van der Waals surface area contributed by atoms with Crippen molar-refractivity contribution in [2.75, 3.05) is 25.0 Å². The van der Waals surface area contributed by atoms with Crippen LogP contribution < -0.4 is 16.0 Å². The minimum Gasteiger partial charge on any atom is -0.357 e. The molecule has 1 heterocycles. The number of hydrogen-bond acceptors (Lipinski definition) is 3. The summed E-state index contributed by atoms with van der Waals surface area (Å²) in [4.78, 5) is 30.1. The normalized spacial score (nSPS) is 16.2. The summed E-state index contributed by atoms with van der Waals surface area (Å²) in [5.41, 5.74) is 1.88. The lowest BCUT2D eigenvalue weighted by Gasteiger charge is -2.18. The second-order valence-electron chi connectivity index (χ2n) is 7.01. The van der Waals surface area contributed by atoms with E-state index in [2.05, 4.69) is 20.9 Å². The van der Waals surface area contributed by atoms with E-state index < -0.39 is 0 Å². The predicted octanol–water partition coefficient (Wildman–Crippen LogP) is 3.11. The van der Waals surface area contributed by atoms with E-state index in [0.29, 0.717) is 19.4 Å². The van der Waals surface area contributed by atoms with Crippen molar-refractivity contribution in [1.82, 2.24) is 15.5 Å². The van der Waals surface area contributed by atoms with Crippen LogP contribution in [0.1, 0.15) is 52.0 Å². The van der Waals surface area contributed by atoms with Gasteiger partial charge in [0, 0.05) is 44.2 Å². The van der Waals surface area contributed by atoms with Gasteiger partial charge < -0.3 is 20.9 Å². The highest BCUT2D eigenvalue weighted by Gasteiger charge is 2.25. The Morgan fingerprint density at radius 1 is 1.17 bits per heavy atom. The SMILES string of the molecule is CCCC(=O)Nc1ccc(CN=C(NCC)NC2CCN(C(=O)CC)C2)cc1.I. The van der Waals surface area contributed by atoms with Crippen molar-refractivity contribution in [2.45, 2.75) is 59.0 Å². The summed E-state index contributed by atoms with van der Waals surface area (Å²) >= 11 is 0. The van der Waals surface area contributed by atoms with Gasteiger partial charge in [-0.2, -0.15) is 0 Å². The Kier molecular flexibility index (Phi) is 11.6. The number of carbonyl (C=O) groups excluding carboxylic acids is 2. The lowest BCUT2D eigenvalue weighted by atomic mass is 10.2. The van der Waals surface area contributed by atoms with E-state index in [1.165, 1.54) is 0 Å². The van der Waals surface area contributed by atoms with Crippen LogP contribution in [0.25, 0.3) is 0 Å². The van der Waals surface area contributed by atoms with E-state index in [9.17, 15) is 9.59 Å². The smallest absolute Gasteiger partial charge is 0.224 e. The number of guanidine groups is 1. The van der Waals surface area contributed by atoms with Crippen molar-refractivity contribution in [3.63, 3.8) is 0 Å². The molecular weight excluding hydrogens is 481 g/mol. The highest BCUT2D eigenvalue weighted by Crippen LogP contribution is 2.12. The first-order valence-corrected chi connectivity index (χ1v) is 10.3. The fourth-order valence-corrected chi connectivity index (χ4v) is 3.16. The van der Waals surface area contributed by atoms with Gasteiger partial charge in [0.15, 0.2) is 5.96 Å². The fraction of sp³-hybridized carbons (Fsp3) is 0.571. The molecule has 2 rings (SSSR count). The molecular formula is C21H34IN5O2. The minimum absolute atomic E-state index is 0. The summed E-state index contributed by atoms with van der Waals surface area (Å²) in [6.07, 6.45) is 2.86. The van der Waals surface area contributed by atoms with Crippen LogP contribution >= 0.6 is 24.0 Å². The third kappa shape index (κ3) is 8.59. The number of nitrogens with one attached hydrogen (secondary N) is 3. The number of likely N-dealkylation sites (tertiary alicyclic amines) is 1. The number of rotatable bonds is 8. The summed E-state index contributed by atoms with van der Waals surface area (Å²) < 4.78 is 0. The molecule has 2 amide bonds. The van der Waals surface area contributed by atoms with E-state index >= 15 is 0 Å². The minimum atomic E-state index is 0. The predicted molar refractivity (Wildman–Crippen MR) is 129 cm³/mol. The van der Waals surface area contributed by atoms with E-state index in [-0.39, 0.29) is 41.8 Å². The summed E-state index contributed by atoms with van der Waals surface area (Å²) in [6.45, 7) is 8.77. The largest absolute Gasteiger partial charge is 0.357 e. The molecule has 8 heteroatoms. The van der Waals surface area contributed by atoms with Crippen LogP contribution in [0.2, 0.25) is 0 Å². The average Bonchev–Trinajstić information content (AvgIpc) is 3.15. The molecule has 3 N–H and O–H groups in total. The van der Waals surface area contributed by atoms with Crippen molar-refractivity contribution in [3.8, 4) is 0 Å². The van der Waals surface area contributed by atoms with Gasteiger partial charge in [-0.3, -0.25) is 9.59 Å². The molecule has 7 nitrogen and oxygen atoms in total. The average molecular weight is 515 g/mol. The van der Waals surface area contributed by atoms with Crippen molar-refractivity contribution < 1.29 is 9.59 Å².